The third kappa shape index (κ3) is 3.94. The highest BCUT2D eigenvalue weighted by Crippen LogP contribution is 2.30. The van der Waals surface area contributed by atoms with Crippen LogP contribution in [0.25, 0.3) is 10.9 Å². The second-order valence-corrected chi connectivity index (χ2v) is 7.52. The van der Waals surface area contributed by atoms with E-state index < -0.39 is 6.10 Å². The molecule has 1 atom stereocenters. The van der Waals surface area contributed by atoms with Gasteiger partial charge < -0.3 is 10.1 Å². The smallest absolute Gasteiger partial charge is 0.189 e. The van der Waals surface area contributed by atoms with Crippen molar-refractivity contribution in [1.82, 2.24) is 14.9 Å². The Morgan fingerprint density at radius 3 is 2.78 bits per heavy atom. The molecule has 4 rings (SSSR count). The minimum Gasteiger partial charge on any atom is -0.387 e. The molecular weight excluding hydrogens is 338 g/mol. The van der Waals surface area contributed by atoms with E-state index >= 15 is 0 Å². The number of benzene rings is 1. The van der Waals surface area contributed by atoms with Gasteiger partial charge in [0.15, 0.2) is 5.43 Å². The van der Waals surface area contributed by atoms with Crippen LogP contribution in [0, 0.1) is 12.8 Å². The highest BCUT2D eigenvalue weighted by atomic mass is 16.3. The fourth-order valence-electron chi connectivity index (χ4n) is 3.96. The zero-order valence-corrected chi connectivity index (χ0v) is 15.6. The Kier molecular flexibility index (Phi) is 5.05. The number of rotatable bonds is 4. The lowest BCUT2D eigenvalue weighted by molar-refractivity contribution is 0.0537. The van der Waals surface area contributed by atoms with Gasteiger partial charge in [-0.15, -0.1) is 0 Å². The maximum Gasteiger partial charge on any atom is 0.189 e. The molecule has 0 amide bonds. The molecule has 0 aliphatic carbocycles. The molecule has 0 bridgehead atoms. The number of hydrogen-bond acceptors (Lipinski definition) is 4. The van der Waals surface area contributed by atoms with E-state index in [1.807, 2.05) is 43.3 Å². The van der Waals surface area contributed by atoms with Crippen LogP contribution in [0.1, 0.15) is 35.9 Å². The quantitative estimate of drug-likeness (QED) is 0.747. The van der Waals surface area contributed by atoms with Gasteiger partial charge in [-0.3, -0.25) is 14.7 Å². The minimum atomic E-state index is -0.503. The lowest BCUT2D eigenvalue weighted by Gasteiger charge is -2.34. The molecule has 3 aromatic rings. The van der Waals surface area contributed by atoms with Crippen molar-refractivity contribution in [3.8, 4) is 0 Å². The van der Waals surface area contributed by atoms with Crippen LogP contribution in [-0.2, 0) is 6.54 Å². The van der Waals surface area contributed by atoms with Crippen molar-refractivity contribution >= 4 is 10.9 Å². The Balaban J connectivity index is 1.41. The number of hydrogen-bond donors (Lipinski definition) is 2. The predicted octanol–water partition coefficient (Wildman–Crippen LogP) is 3.18. The number of aromatic amines is 1. The molecule has 5 nitrogen and oxygen atoms in total. The Bertz CT molecular complexity index is 976. The molecule has 0 spiro atoms. The molecule has 0 radical (unpaired) electrons. The number of likely N-dealkylation sites (tertiary alicyclic amines) is 1. The fourth-order valence-corrected chi connectivity index (χ4v) is 3.96. The van der Waals surface area contributed by atoms with Crippen molar-refractivity contribution in [3.05, 3.63) is 75.8 Å². The molecule has 1 saturated heterocycles. The van der Waals surface area contributed by atoms with E-state index in [9.17, 15) is 9.90 Å². The molecule has 2 N–H and O–H groups in total. The fraction of sp³-hybridized carbons (Fsp3) is 0.364. The Hall–Kier alpha value is -2.50. The number of H-pyrrole nitrogens is 1. The lowest BCUT2D eigenvalue weighted by atomic mass is 9.89. The summed E-state index contributed by atoms with van der Waals surface area (Å²) >= 11 is 0. The maximum atomic E-state index is 12.4. The third-order valence-electron chi connectivity index (χ3n) is 5.50. The summed E-state index contributed by atoms with van der Waals surface area (Å²) in [6.07, 6.45) is 3.08. The number of piperidine rings is 1. The van der Waals surface area contributed by atoms with E-state index in [1.165, 1.54) is 0 Å². The third-order valence-corrected chi connectivity index (χ3v) is 5.50. The summed E-state index contributed by atoms with van der Waals surface area (Å²) in [5, 5.41) is 11.3. The summed E-state index contributed by atoms with van der Waals surface area (Å²) in [5.74, 6) is 0.231. The summed E-state index contributed by atoms with van der Waals surface area (Å²) in [4.78, 5) is 22.4. The summed E-state index contributed by atoms with van der Waals surface area (Å²) in [6.45, 7) is 4.53. The molecule has 1 fully saturated rings. The van der Waals surface area contributed by atoms with Crippen LogP contribution in [0.5, 0.6) is 0 Å². The first kappa shape index (κ1) is 17.9. The van der Waals surface area contributed by atoms with Gasteiger partial charge >= 0.3 is 0 Å². The monoisotopic (exact) mass is 363 g/mol. The second kappa shape index (κ2) is 7.62. The van der Waals surface area contributed by atoms with Gasteiger partial charge in [0.25, 0.3) is 0 Å². The van der Waals surface area contributed by atoms with Crippen molar-refractivity contribution in [1.29, 1.82) is 0 Å². The molecule has 1 aliphatic rings. The number of pyridine rings is 2. The summed E-state index contributed by atoms with van der Waals surface area (Å²) in [6, 6.07) is 13.3. The van der Waals surface area contributed by atoms with Gasteiger partial charge in [0.05, 0.1) is 11.8 Å². The average molecular weight is 363 g/mol. The first-order chi connectivity index (χ1) is 13.1. The number of fused-ring (bicyclic) bond motifs is 1. The van der Waals surface area contributed by atoms with E-state index in [1.54, 1.807) is 12.3 Å². The summed E-state index contributed by atoms with van der Waals surface area (Å²) in [7, 11) is 0. The van der Waals surface area contributed by atoms with Gasteiger partial charge in [-0.05, 0) is 63.0 Å². The average Bonchev–Trinajstić information content (AvgIpc) is 2.69. The molecule has 1 aromatic carbocycles. The zero-order valence-electron chi connectivity index (χ0n) is 15.6. The predicted molar refractivity (Wildman–Crippen MR) is 107 cm³/mol. The van der Waals surface area contributed by atoms with Crippen molar-refractivity contribution in [3.63, 3.8) is 0 Å². The minimum absolute atomic E-state index is 0.0721. The van der Waals surface area contributed by atoms with E-state index in [2.05, 4.69) is 14.9 Å². The van der Waals surface area contributed by atoms with Crippen molar-refractivity contribution < 1.29 is 5.11 Å². The normalized spacial score (nSPS) is 17.3. The molecule has 2 aromatic heterocycles. The van der Waals surface area contributed by atoms with Crippen molar-refractivity contribution in [2.75, 3.05) is 13.1 Å². The molecule has 1 unspecified atom stereocenters. The van der Waals surface area contributed by atoms with Gasteiger partial charge in [-0.1, -0.05) is 17.7 Å². The lowest BCUT2D eigenvalue weighted by Crippen LogP contribution is -2.35. The molecule has 27 heavy (non-hydrogen) atoms. The number of aliphatic hydroxyl groups excluding tert-OH is 1. The van der Waals surface area contributed by atoms with Crippen LogP contribution >= 0.6 is 0 Å². The van der Waals surface area contributed by atoms with Gasteiger partial charge in [-0.2, -0.15) is 0 Å². The van der Waals surface area contributed by atoms with E-state index in [4.69, 9.17) is 0 Å². The molecule has 140 valence electrons. The number of nitrogens with one attached hydrogen (secondary N) is 1. The molecule has 5 heteroatoms. The topological polar surface area (TPSA) is 69.2 Å². The van der Waals surface area contributed by atoms with Gasteiger partial charge in [-0.25, -0.2) is 0 Å². The van der Waals surface area contributed by atoms with Crippen LogP contribution in [-0.4, -0.2) is 33.1 Å². The van der Waals surface area contributed by atoms with Crippen molar-refractivity contribution in [2.45, 2.75) is 32.4 Å². The van der Waals surface area contributed by atoms with Crippen LogP contribution in [0.3, 0.4) is 0 Å². The van der Waals surface area contributed by atoms with Gasteiger partial charge in [0.2, 0.25) is 0 Å². The number of nitrogens with zero attached hydrogens (tertiary/aromatic N) is 2. The second-order valence-electron chi connectivity index (χ2n) is 7.52. The van der Waals surface area contributed by atoms with Crippen LogP contribution < -0.4 is 5.43 Å². The maximum absolute atomic E-state index is 12.4. The van der Waals surface area contributed by atoms with E-state index in [0.717, 1.165) is 60.3 Å². The van der Waals surface area contributed by atoms with Crippen LogP contribution in [0.2, 0.25) is 0 Å². The SMILES string of the molecule is Cc1ccc2[nH]c(CN3CCC(C(O)c4ccccn4)CC3)cc(=O)c2c1. The van der Waals surface area contributed by atoms with Gasteiger partial charge in [0, 0.05) is 35.4 Å². The molecule has 0 saturated carbocycles. The van der Waals surface area contributed by atoms with E-state index in [0.29, 0.717) is 0 Å². The molecular formula is C22H25N3O2. The summed E-state index contributed by atoms with van der Waals surface area (Å²) in [5.41, 5.74) is 3.76. The first-order valence-electron chi connectivity index (χ1n) is 9.54. The summed E-state index contributed by atoms with van der Waals surface area (Å²) < 4.78 is 0. The number of aryl methyl sites for hydroxylation is 1. The Morgan fingerprint density at radius 2 is 2.04 bits per heavy atom. The highest BCUT2D eigenvalue weighted by molar-refractivity contribution is 5.79. The van der Waals surface area contributed by atoms with Crippen molar-refractivity contribution in [2.24, 2.45) is 5.92 Å². The van der Waals surface area contributed by atoms with Crippen LogP contribution in [0.4, 0.5) is 0 Å². The Morgan fingerprint density at radius 1 is 1.22 bits per heavy atom. The van der Waals surface area contributed by atoms with Crippen LogP contribution in [0.15, 0.2) is 53.5 Å². The van der Waals surface area contributed by atoms with E-state index in [-0.39, 0.29) is 11.3 Å². The van der Waals surface area contributed by atoms with Gasteiger partial charge in [0.1, 0.15) is 0 Å². The Labute approximate surface area is 158 Å². The molecule has 1 aliphatic heterocycles. The standard InChI is InChI=1S/C22H25N3O2/c1-15-5-6-19-18(12-15)21(26)13-17(24-19)14-25-10-7-16(8-11-25)22(27)20-4-2-3-9-23-20/h2-6,9,12-13,16,22,27H,7-8,10-11,14H2,1H3,(H,24,26). The zero-order chi connectivity index (χ0) is 18.8. The highest BCUT2D eigenvalue weighted by Gasteiger charge is 2.27. The molecule has 3 heterocycles. The first-order valence-corrected chi connectivity index (χ1v) is 9.54. The largest absolute Gasteiger partial charge is 0.387 e. The number of aliphatic hydroxyl groups is 1. The number of aromatic nitrogens is 2.